The number of likely N-dealkylation sites (N-methyl/N-ethyl adjacent to an activating group) is 1. The van der Waals surface area contributed by atoms with Crippen molar-refractivity contribution in [1.82, 2.24) is 10.2 Å². The van der Waals surface area contributed by atoms with Crippen LogP contribution < -0.4 is 5.32 Å². The molecule has 17 heavy (non-hydrogen) atoms. The van der Waals surface area contributed by atoms with Crippen molar-refractivity contribution < 1.29 is 13.2 Å². The number of rotatable bonds is 5. The van der Waals surface area contributed by atoms with Crippen LogP contribution in [0.5, 0.6) is 0 Å². The van der Waals surface area contributed by atoms with Crippen LogP contribution in [0, 0.1) is 0 Å². The summed E-state index contributed by atoms with van der Waals surface area (Å²) in [6.07, 6.45) is -1.73. The van der Waals surface area contributed by atoms with Gasteiger partial charge in [-0.15, -0.1) is 0 Å². The summed E-state index contributed by atoms with van der Waals surface area (Å²) in [5.41, 5.74) is -0.368. The molecule has 2 nitrogen and oxygen atoms in total. The Bertz CT molecular complexity index is 261. The van der Waals surface area contributed by atoms with E-state index in [1.807, 2.05) is 6.92 Å². The lowest BCUT2D eigenvalue weighted by Gasteiger charge is -2.34. The Kier molecular flexibility index (Phi) is 5.46. The van der Waals surface area contributed by atoms with E-state index in [4.69, 9.17) is 0 Å². The smallest absolute Gasteiger partial charge is 0.315 e. The molecule has 0 aliphatic carbocycles. The van der Waals surface area contributed by atoms with Gasteiger partial charge in [-0.05, 0) is 19.4 Å². The van der Waals surface area contributed by atoms with E-state index in [0.29, 0.717) is 19.1 Å². The van der Waals surface area contributed by atoms with Gasteiger partial charge in [-0.25, -0.2) is 0 Å². The fourth-order valence-electron chi connectivity index (χ4n) is 2.12. The van der Waals surface area contributed by atoms with Crippen LogP contribution in [0.15, 0.2) is 11.6 Å². The van der Waals surface area contributed by atoms with E-state index in [1.165, 1.54) is 6.08 Å². The largest absolute Gasteiger partial charge is 0.412 e. The molecule has 5 heteroatoms. The predicted molar refractivity (Wildman–Crippen MR) is 63.0 cm³/mol. The highest BCUT2D eigenvalue weighted by Gasteiger charge is 2.35. The van der Waals surface area contributed by atoms with Crippen LogP contribution in [-0.4, -0.2) is 43.3 Å². The first-order valence-electron chi connectivity index (χ1n) is 6.20. The minimum atomic E-state index is -4.14. The minimum Gasteiger partial charge on any atom is -0.315 e. The normalized spacial score (nSPS) is 20.2. The molecule has 0 fully saturated rings. The molecule has 0 aromatic heterocycles. The standard InChI is InChI=1S/C12H21F3N2/c1-3-11(9-16-4-2)17-7-5-10(6-8-17)12(13,14)15/h5,11,16H,3-4,6-9H2,1-2H3. The van der Waals surface area contributed by atoms with Crippen LogP contribution in [-0.2, 0) is 0 Å². The van der Waals surface area contributed by atoms with Crippen LogP contribution in [0.2, 0.25) is 0 Å². The van der Waals surface area contributed by atoms with Crippen molar-refractivity contribution in [2.75, 3.05) is 26.2 Å². The Morgan fingerprint density at radius 3 is 2.53 bits per heavy atom. The molecule has 0 radical (unpaired) electrons. The van der Waals surface area contributed by atoms with E-state index in [2.05, 4.69) is 17.1 Å². The van der Waals surface area contributed by atoms with Gasteiger partial charge in [0.25, 0.3) is 0 Å². The van der Waals surface area contributed by atoms with Crippen LogP contribution in [0.4, 0.5) is 13.2 Å². The molecule has 1 heterocycles. The van der Waals surface area contributed by atoms with Gasteiger partial charge in [0, 0.05) is 31.2 Å². The molecule has 100 valence electrons. The van der Waals surface area contributed by atoms with Crippen molar-refractivity contribution in [1.29, 1.82) is 0 Å². The summed E-state index contributed by atoms with van der Waals surface area (Å²) in [7, 11) is 0. The summed E-state index contributed by atoms with van der Waals surface area (Å²) in [5, 5.41) is 3.25. The van der Waals surface area contributed by atoms with Gasteiger partial charge in [0.05, 0.1) is 0 Å². The first-order valence-corrected chi connectivity index (χ1v) is 6.20. The molecule has 1 aliphatic rings. The van der Waals surface area contributed by atoms with Gasteiger partial charge in [-0.1, -0.05) is 19.9 Å². The highest BCUT2D eigenvalue weighted by atomic mass is 19.4. The molecule has 0 spiro atoms. The van der Waals surface area contributed by atoms with Crippen molar-refractivity contribution in [3.63, 3.8) is 0 Å². The molecule has 1 atom stereocenters. The molecular weight excluding hydrogens is 229 g/mol. The molecule has 1 N–H and O–H groups in total. The van der Waals surface area contributed by atoms with Crippen LogP contribution >= 0.6 is 0 Å². The zero-order valence-corrected chi connectivity index (χ0v) is 10.5. The summed E-state index contributed by atoms with van der Waals surface area (Å²) in [6.45, 7) is 6.78. The maximum absolute atomic E-state index is 12.5. The second kappa shape index (κ2) is 6.40. The van der Waals surface area contributed by atoms with E-state index in [9.17, 15) is 13.2 Å². The lowest BCUT2D eigenvalue weighted by atomic mass is 10.0. The predicted octanol–water partition coefficient (Wildman–Crippen LogP) is 2.57. The topological polar surface area (TPSA) is 15.3 Å². The van der Waals surface area contributed by atoms with Crippen molar-refractivity contribution in [2.24, 2.45) is 0 Å². The summed E-state index contributed by atoms with van der Waals surface area (Å²) < 4.78 is 37.4. The van der Waals surface area contributed by atoms with E-state index in [1.54, 1.807) is 0 Å². The SMILES string of the molecule is CCNCC(CC)N1CC=C(C(F)(F)F)CC1. The van der Waals surface area contributed by atoms with E-state index < -0.39 is 6.18 Å². The molecule has 0 saturated heterocycles. The molecule has 1 aliphatic heterocycles. The lowest BCUT2D eigenvalue weighted by Crippen LogP contribution is -2.44. The third kappa shape index (κ3) is 4.32. The molecule has 0 aromatic rings. The van der Waals surface area contributed by atoms with Crippen LogP contribution in [0.25, 0.3) is 0 Å². The van der Waals surface area contributed by atoms with Gasteiger partial charge in [0.2, 0.25) is 0 Å². The van der Waals surface area contributed by atoms with Gasteiger partial charge in [-0.2, -0.15) is 13.2 Å². The lowest BCUT2D eigenvalue weighted by molar-refractivity contribution is -0.0964. The van der Waals surface area contributed by atoms with E-state index in [-0.39, 0.29) is 12.0 Å². The van der Waals surface area contributed by atoms with Gasteiger partial charge >= 0.3 is 6.18 Å². The van der Waals surface area contributed by atoms with Gasteiger partial charge < -0.3 is 5.32 Å². The number of hydrogen-bond acceptors (Lipinski definition) is 2. The average molecular weight is 250 g/mol. The van der Waals surface area contributed by atoms with Gasteiger partial charge in [-0.3, -0.25) is 4.90 Å². The second-order valence-corrected chi connectivity index (χ2v) is 4.34. The monoisotopic (exact) mass is 250 g/mol. The van der Waals surface area contributed by atoms with Crippen molar-refractivity contribution in [3.8, 4) is 0 Å². The van der Waals surface area contributed by atoms with Crippen LogP contribution in [0.1, 0.15) is 26.7 Å². The number of nitrogens with one attached hydrogen (secondary N) is 1. The molecule has 0 aromatic carbocycles. The maximum atomic E-state index is 12.5. The molecule has 1 unspecified atom stereocenters. The maximum Gasteiger partial charge on any atom is 0.412 e. The number of nitrogens with zero attached hydrogens (tertiary/aromatic N) is 1. The average Bonchev–Trinajstić information content (AvgIpc) is 2.29. The van der Waals surface area contributed by atoms with Crippen molar-refractivity contribution in [3.05, 3.63) is 11.6 Å². The van der Waals surface area contributed by atoms with Crippen molar-refractivity contribution in [2.45, 2.75) is 38.9 Å². The molecule has 0 amide bonds. The summed E-state index contributed by atoms with van der Waals surface area (Å²) in [6, 6.07) is 0.334. The fourth-order valence-corrected chi connectivity index (χ4v) is 2.12. The molecule has 1 rings (SSSR count). The number of halogens is 3. The minimum absolute atomic E-state index is 0.117. The summed E-state index contributed by atoms with van der Waals surface area (Å²) >= 11 is 0. The van der Waals surface area contributed by atoms with E-state index >= 15 is 0 Å². The highest BCUT2D eigenvalue weighted by Crippen LogP contribution is 2.30. The third-order valence-electron chi connectivity index (χ3n) is 3.22. The van der Waals surface area contributed by atoms with Gasteiger partial charge in [0.15, 0.2) is 0 Å². The fraction of sp³-hybridized carbons (Fsp3) is 0.833. The quantitative estimate of drug-likeness (QED) is 0.754. The van der Waals surface area contributed by atoms with E-state index in [0.717, 1.165) is 19.5 Å². The van der Waals surface area contributed by atoms with Gasteiger partial charge in [0.1, 0.15) is 0 Å². The highest BCUT2D eigenvalue weighted by molar-refractivity contribution is 5.13. The molecule has 0 saturated carbocycles. The molecular formula is C12H21F3N2. The Morgan fingerprint density at radius 1 is 1.41 bits per heavy atom. The zero-order valence-electron chi connectivity index (χ0n) is 10.5. The Labute approximate surface area is 101 Å². The first kappa shape index (κ1) is 14.5. The molecule has 0 bridgehead atoms. The number of alkyl halides is 3. The Balaban J connectivity index is 2.52. The first-order chi connectivity index (χ1) is 7.99. The second-order valence-electron chi connectivity index (χ2n) is 4.34. The number of hydrogen-bond donors (Lipinski definition) is 1. The van der Waals surface area contributed by atoms with Crippen LogP contribution in [0.3, 0.4) is 0 Å². The Hall–Kier alpha value is -0.550. The zero-order chi connectivity index (χ0) is 12.9. The van der Waals surface area contributed by atoms with Crippen molar-refractivity contribution >= 4 is 0 Å². The summed E-state index contributed by atoms with van der Waals surface area (Å²) in [4.78, 5) is 2.12. The Morgan fingerprint density at radius 2 is 2.12 bits per heavy atom. The third-order valence-corrected chi connectivity index (χ3v) is 3.22. The summed E-state index contributed by atoms with van der Waals surface area (Å²) in [5.74, 6) is 0.